The van der Waals surface area contributed by atoms with E-state index in [1.165, 1.54) is 0 Å². The van der Waals surface area contributed by atoms with Gasteiger partial charge in [-0.05, 0) is 32.5 Å². The van der Waals surface area contributed by atoms with Gasteiger partial charge in [0.15, 0.2) is 0 Å². The molecule has 146 valence electrons. The monoisotopic (exact) mass is 371 g/mol. The van der Waals surface area contributed by atoms with Gasteiger partial charge < -0.3 is 10.2 Å². The van der Waals surface area contributed by atoms with Gasteiger partial charge in [0, 0.05) is 33.2 Å². The van der Waals surface area contributed by atoms with Crippen molar-refractivity contribution in [3.63, 3.8) is 0 Å². The first-order chi connectivity index (χ1) is 12.9. The Morgan fingerprint density at radius 3 is 2.37 bits per heavy atom. The predicted molar refractivity (Wildman–Crippen MR) is 108 cm³/mol. The minimum Gasteiger partial charge on any atom is -0.319 e. The molecule has 3 rings (SSSR count). The molecule has 0 saturated carbocycles. The van der Waals surface area contributed by atoms with E-state index >= 15 is 0 Å². The molecule has 0 bridgehead atoms. The van der Waals surface area contributed by atoms with Crippen LogP contribution >= 0.6 is 0 Å². The van der Waals surface area contributed by atoms with E-state index in [0.29, 0.717) is 5.69 Å². The molecule has 0 aliphatic carbocycles. The van der Waals surface area contributed by atoms with Crippen molar-refractivity contribution in [3.8, 4) is 5.69 Å². The van der Waals surface area contributed by atoms with E-state index in [1.54, 1.807) is 9.36 Å². The lowest BCUT2D eigenvalue weighted by molar-refractivity contribution is -0.121. The topological polar surface area (TPSA) is 62.5 Å². The fourth-order valence-electron chi connectivity index (χ4n) is 3.57. The molecule has 1 N–H and O–H groups in total. The molecule has 0 spiro atoms. The molecule has 7 heteroatoms. The van der Waals surface area contributed by atoms with Gasteiger partial charge in [-0.15, -0.1) is 0 Å². The Balaban J connectivity index is 1.78. The molecule has 2 heterocycles. The Bertz CT molecular complexity index is 847. The Hall–Kier alpha value is -2.38. The minimum atomic E-state index is -0.270. The number of hydrogen-bond acceptors (Lipinski definition) is 4. The lowest BCUT2D eigenvalue weighted by Crippen LogP contribution is -2.52. The van der Waals surface area contributed by atoms with Crippen LogP contribution in [-0.4, -0.2) is 63.8 Å². The van der Waals surface area contributed by atoms with Crippen molar-refractivity contribution in [1.82, 2.24) is 19.2 Å². The Morgan fingerprint density at radius 2 is 1.78 bits per heavy atom. The van der Waals surface area contributed by atoms with Crippen molar-refractivity contribution in [3.05, 3.63) is 46.4 Å². The Labute approximate surface area is 160 Å². The van der Waals surface area contributed by atoms with Gasteiger partial charge in [0.2, 0.25) is 5.91 Å². The van der Waals surface area contributed by atoms with Gasteiger partial charge in [-0.25, -0.2) is 4.68 Å². The SMILES string of the molecule is CCN1CCN([C@H](C)C(=O)Nc2c(C)n(C)n(-c3ccccc3)c2=O)CC1. The number of anilines is 1. The van der Waals surface area contributed by atoms with Crippen LogP contribution < -0.4 is 10.9 Å². The van der Waals surface area contributed by atoms with E-state index in [0.717, 1.165) is 44.1 Å². The molecule has 1 aliphatic rings. The largest absolute Gasteiger partial charge is 0.319 e. The van der Waals surface area contributed by atoms with E-state index in [-0.39, 0.29) is 17.5 Å². The third-order valence-corrected chi connectivity index (χ3v) is 5.58. The molecule has 1 atom stereocenters. The summed E-state index contributed by atoms with van der Waals surface area (Å²) in [6.45, 7) is 10.6. The summed E-state index contributed by atoms with van der Waals surface area (Å²) in [5.41, 5.74) is 1.65. The zero-order valence-corrected chi connectivity index (χ0v) is 16.6. The van der Waals surface area contributed by atoms with Crippen molar-refractivity contribution in [2.24, 2.45) is 7.05 Å². The van der Waals surface area contributed by atoms with Crippen LogP contribution in [-0.2, 0) is 11.8 Å². The number of para-hydroxylation sites is 1. The summed E-state index contributed by atoms with van der Waals surface area (Å²) in [7, 11) is 1.83. The zero-order chi connectivity index (χ0) is 19.6. The van der Waals surface area contributed by atoms with E-state index < -0.39 is 0 Å². The second-order valence-electron chi connectivity index (χ2n) is 7.07. The second kappa shape index (κ2) is 8.10. The summed E-state index contributed by atoms with van der Waals surface area (Å²) in [6, 6.07) is 9.17. The fraction of sp³-hybridized carbons (Fsp3) is 0.500. The Morgan fingerprint density at radius 1 is 1.15 bits per heavy atom. The molecular weight excluding hydrogens is 342 g/mol. The van der Waals surface area contributed by atoms with Gasteiger partial charge >= 0.3 is 0 Å². The molecule has 7 nitrogen and oxygen atoms in total. The number of benzene rings is 1. The van der Waals surface area contributed by atoms with Crippen molar-refractivity contribution in [2.45, 2.75) is 26.8 Å². The summed E-state index contributed by atoms with van der Waals surface area (Å²) in [5.74, 6) is -0.133. The number of carbonyl (C=O) groups excluding carboxylic acids is 1. The number of likely N-dealkylation sites (N-methyl/N-ethyl adjacent to an activating group) is 1. The number of hydrogen-bond donors (Lipinski definition) is 1. The van der Waals surface area contributed by atoms with Crippen molar-refractivity contribution in [2.75, 3.05) is 38.0 Å². The molecule has 1 saturated heterocycles. The molecule has 1 aromatic carbocycles. The highest BCUT2D eigenvalue weighted by Gasteiger charge is 2.27. The van der Waals surface area contributed by atoms with E-state index in [2.05, 4.69) is 22.0 Å². The predicted octanol–water partition coefficient (Wildman–Crippen LogP) is 1.45. The quantitative estimate of drug-likeness (QED) is 0.864. The van der Waals surface area contributed by atoms with Gasteiger partial charge in [-0.3, -0.25) is 19.2 Å². The first-order valence-corrected chi connectivity index (χ1v) is 9.55. The lowest BCUT2D eigenvalue weighted by Gasteiger charge is -2.36. The number of rotatable bonds is 5. The van der Waals surface area contributed by atoms with Gasteiger partial charge in [-0.2, -0.15) is 0 Å². The summed E-state index contributed by atoms with van der Waals surface area (Å²) in [4.78, 5) is 30.3. The Kier molecular flexibility index (Phi) is 5.82. The average molecular weight is 371 g/mol. The van der Waals surface area contributed by atoms with Crippen molar-refractivity contribution >= 4 is 11.6 Å². The van der Waals surface area contributed by atoms with Gasteiger partial charge in [0.1, 0.15) is 5.69 Å². The maximum atomic E-state index is 12.9. The number of piperazine rings is 1. The first kappa shape index (κ1) is 19.4. The van der Waals surface area contributed by atoms with Crippen molar-refractivity contribution in [1.29, 1.82) is 0 Å². The number of amides is 1. The molecule has 1 aliphatic heterocycles. The summed E-state index contributed by atoms with van der Waals surface area (Å²) < 4.78 is 3.35. The van der Waals surface area contributed by atoms with Gasteiger partial charge in [0.25, 0.3) is 5.56 Å². The molecule has 1 amide bonds. The van der Waals surface area contributed by atoms with Crippen LogP contribution in [0.15, 0.2) is 35.1 Å². The van der Waals surface area contributed by atoms with Crippen molar-refractivity contribution < 1.29 is 4.79 Å². The minimum absolute atomic E-state index is 0.133. The number of nitrogens with zero attached hydrogens (tertiary/aromatic N) is 4. The van der Waals surface area contributed by atoms with Gasteiger partial charge in [-0.1, -0.05) is 25.1 Å². The molecule has 27 heavy (non-hydrogen) atoms. The number of nitrogens with one attached hydrogen (secondary N) is 1. The molecule has 0 radical (unpaired) electrons. The fourth-order valence-corrected chi connectivity index (χ4v) is 3.57. The highest BCUT2D eigenvalue weighted by Crippen LogP contribution is 2.15. The molecule has 1 fully saturated rings. The smallest absolute Gasteiger partial charge is 0.295 e. The highest BCUT2D eigenvalue weighted by atomic mass is 16.2. The first-order valence-electron chi connectivity index (χ1n) is 9.55. The van der Waals surface area contributed by atoms with E-state index in [1.807, 2.05) is 51.2 Å². The summed E-state index contributed by atoms with van der Waals surface area (Å²) >= 11 is 0. The number of aromatic nitrogens is 2. The maximum Gasteiger partial charge on any atom is 0.295 e. The van der Waals surface area contributed by atoms with E-state index in [4.69, 9.17) is 0 Å². The third-order valence-electron chi connectivity index (χ3n) is 5.58. The van der Waals surface area contributed by atoms with E-state index in [9.17, 15) is 9.59 Å². The van der Waals surface area contributed by atoms with Crippen LogP contribution in [0, 0.1) is 6.92 Å². The number of carbonyl (C=O) groups is 1. The normalized spacial score (nSPS) is 17.0. The molecule has 1 aromatic heterocycles. The highest BCUT2D eigenvalue weighted by molar-refractivity contribution is 5.95. The van der Waals surface area contributed by atoms with Crippen LogP contribution in [0.5, 0.6) is 0 Å². The van der Waals surface area contributed by atoms with Crippen LogP contribution in [0.2, 0.25) is 0 Å². The van der Waals surface area contributed by atoms with Crippen LogP contribution in [0.25, 0.3) is 5.69 Å². The molecular formula is C20H29N5O2. The van der Waals surface area contributed by atoms with Crippen LogP contribution in [0.1, 0.15) is 19.5 Å². The maximum absolute atomic E-state index is 12.9. The third kappa shape index (κ3) is 3.84. The zero-order valence-electron chi connectivity index (χ0n) is 16.6. The standard InChI is InChI=1S/C20H29N5O2/c1-5-23-11-13-24(14-12-23)16(3)19(26)21-18-15(2)22(4)25(20(18)27)17-9-7-6-8-10-17/h6-10,16H,5,11-14H2,1-4H3,(H,21,26)/t16-/m1/s1. The molecule has 0 unspecified atom stereocenters. The molecule has 2 aromatic rings. The summed E-state index contributed by atoms with van der Waals surface area (Å²) in [6.07, 6.45) is 0. The van der Waals surface area contributed by atoms with Crippen LogP contribution in [0.3, 0.4) is 0 Å². The summed E-state index contributed by atoms with van der Waals surface area (Å²) in [5, 5.41) is 2.88. The lowest BCUT2D eigenvalue weighted by atomic mass is 10.2. The van der Waals surface area contributed by atoms with Gasteiger partial charge in [0.05, 0.1) is 17.4 Å². The van der Waals surface area contributed by atoms with Crippen LogP contribution in [0.4, 0.5) is 5.69 Å². The average Bonchev–Trinajstić information content (AvgIpc) is 2.91. The second-order valence-corrected chi connectivity index (χ2v) is 7.07.